The van der Waals surface area contributed by atoms with Gasteiger partial charge in [0.1, 0.15) is 0 Å². The molecule has 0 aromatic heterocycles. The second kappa shape index (κ2) is 10.9. The van der Waals surface area contributed by atoms with Crippen LogP contribution in [0.5, 0.6) is 0 Å². The highest BCUT2D eigenvalue weighted by Gasteiger charge is 2.38. The summed E-state index contributed by atoms with van der Waals surface area (Å²) in [6.07, 6.45) is 4.29. The summed E-state index contributed by atoms with van der Waals surface area (Å²) in [4.78, 5) is 2.08. The van der Waals surface area contributed by atoms with Gasteiger partial charge in [0.2, 0.25) is 0 Å². The molecule has 1 fully saturated rings. The first-order valence-corrected chi connectivity index (χ1v) is 10.2. The molecule has 148 valence electrons. The topological polar surface area (TPSA) is 21.7 Å². The van der Waals surface area contributed by atoms with E-state index < -0.39 is 5.79 Å². The zero-order valence-electron chi connectivity index (χ0n) is 16.4. The Labute approximate surface area is 173 Å². The van der Waals surface area contributed by atoms with Crippen LogP contribution < -0.4 is 4.90 Å². The lowest BCUT2D eigenvalue weighted by Crippen LogP contribution is -2.27. The van der Waals surface area contributed by atoms with Gasteiger partial charge >= 0.3 is 0 Å². The minimum absolute atomic E-state index is 0.545. The van der Waals surface area contributed by atoms with Crippen LogP contribution in [0.3, 0.4) is 0 Å². The molecule has 0 unspecified atom stereocenters. The van der Waals surface area contributed by atoms with Crippen molar-refractivity contribution in [2.24, 2.45) is 0 Å². The van der Waals surface area contributed by atoms with E-state index in [-0.39, 0.29) is 0 Å². The van der Waals surface area contributed by atoms with Gasteiger partial charge in [0, 0.05) is 31.8 Å². The SMILES string of the molecule is CCCCCC1(c2ccc(Cl)c(Cl)c2)OCCO1.CN(C)c1ccccc1. The monoisotopic (exact) mass is 409 g/mol. The van der Waals surface area contributed by atoms with Crippen molar-refractivity contribution in [1.82, 2.24) is 0 Å². The first kappa shape index (κ1) is 22.0. The van der Waals surface area contributed by atoms with E-state index >= 15 is 0 Å². The lowest BCUT2D eigenvalue weighted by Gasteiger charge is -2.28. The summed E-state index contributed by atoms with van der Waals surface area (Å²) in [7, 11) is 4.07. The van der Waals surface area contributed by atoms with Crippen LogP contribution in [0.4, 0.5) is 5.69 Å². The Morgan fingerprint density at radius 3 is 2.11 bits per heavy atom. The Kier molecular flexibility index (Phi) is 8.91. The average Bonchev–Trinajstić information content (AvgIpc) is 3.15. The minimum Gasteiger partial charge on any atom is -0.378 e. The molecule has 0 spiro atoms. The lowest BCUT2D eigenvalue weighted by atomic mass is 9.99. The second-order valence-corrected chi connectivity index (χ2v) is 7.58. The molecule has 0 radical (unpaired) electrons. The molecular formula is C22H29Cl2NO2. The molecule has 1 aliphatic heterocycles. The summed E-state index contributed by atoms with van der Waals surface area (Å²) >= 11 is 12.0. The minimum atomic E-state index is -0.622. The molecule has 3 nitrogen and oxygen atoms in total. The van der Waals surface area contributed by atoms with Gasteiger partial charge in [-0.15, -0.1) is 0 Å². The zero-order valence-corrected chi connectivity index (χ0v) is 17.9. The Morgan fingerprint density at radius 2 is 1.59 bits per heavy atom. The third-order valence-corrected chi connectivity index (χ3v) is 5.23. The summed E-state index contributed by atoms with van der Waals surface area (Å²) in [5.74, 6) is -0.622. The Hall–Kier alpha value is -1.26. The van der Waals surface area contributed by atoms with Gasteiger partial charge in [-0.3, -0.25) is 0 Å². The van der Waals surface area contributed by atoms with E-state index in [0.717, 1.165) is 18.4 Å². The van der Waals surface area contributed by atoms with E-state index in [1.165, 1.54) is 18.5 Å². The highest BCUT2D eigenvalue weighted by molar-refractivity contribution is 6.42. The maximum absolute atomic E-state index is 6.07. The predicted octanol–water partition coefficient (Wildman–Crippen LogP) is 6.53. The van der Waals surface area contributed by atoms with Crippen molar-refractivity contribution in [2.75, 3.05) is 32.2 Å². The van der Waals surface area contributed by atoms with Crippen molar-refractivity contribution in [3.63, 3.8) is 0 Å². The van der Waals surface area contributed by atoms with Gasteiger partial charge in [-0.05, 0) is 30.7 Å². The quantitative estimate of drug-likeness (QED) is 0.506. The predicted molar refractivity (Wildman–Crippen MR) is 115 cm³/mol. The number of ether oxygens (including phenoxy) is 2. The summed E-state index contributed by atoms with van der Waals surface area (Å²) in [6, 6.07) is 15.8. The molecule has 2 aromatic rings. The molecule has 0 saturated carbocycles. The van der Waals surface area contributed by atoms with Gasteiger partial charge in [-0.25, -0.2) is 0 Å². The molecule has 3 rings (SSSR count). The molecule has 5 heteroatoms. The maximum atomic E-state index is 6.07. The van der Waals surface area contributed by atoms with Crippen LogP contribution in [0.25, 0.3) is 0 Å². The normalized spacial score (nSPS) is 15.1. The summed E-state index contributed by atoms with van der Waals surface area (Å²) in [6.45, 7) is 3.45. The molecule has 0 aliphatic carbocycles. The van der Waals surface area contributed by atoms with Gasteiger partial charge < -0.3 is 14.4 Å². The summed E-state index contributed by atoms with van der Waals surface area (Å²) < 4.78 is 11.7. The molecule has 2 aromatic carbocycles. The fraction of sp³-hybridized carbons (Fsp3) is 0.455. The Bertz CT molecular complexity index is 686. The molecule has 1 saturated heterocycles. The maximum Gasteiger partial charge on any atom is 0.195 e. The number of unbranched alkanes of at least 4 members (excludes halogenated alkanes) is 2. The number of halogens is 2. The fourth-order valence-electron chi connectivity index (χ4n) is 2.98. The van der Waals surface area contributed by atoms with Gasteiger partial charge in [0.25, 0.3) is 0 Å². The summed E-state index contributed by atoms with van der Waals surface area (Å²) in [5, 5.41) is 1.10. The Morgan fingerprint density at radius 1 is 0.926 bits per heavy atom. The van der Waals surface area contributed by atoms with Crippen molar-refractivity contribution in [3.05, 3.63) is 64.1 Å². The average molecular weight is 410 g/mol. The number of hydrogen-bond donors (Lipinski definition) is 0. The molecular weight excluding hydrogens is 381 g/mol. The van der Waals surface area contributed by atoms with Crippen LogP contribution in [0, 0.1) is 0 Å². The molecule has 0 amide bonds. The molecule has 1 heterocycles. The van der Waals surface area contributed by atoms with Gasteiger partial charge in [0.05, 0.1) is 23.3 Å². The number of para-hydroxylation sites is 1. The van der Waals surface area contributed by atoms with E-state index in [1.807, 2.05) is 44.4 Å². The number of benzene rings is 2. The van der Waals surface area contributed by atoms with Gasteiger partial charge in [-0.1, -0.05) is 67.2 Å². The van der Waals surface area contributed by atoms with E-state index in [1.54, 1.807) is 6.07 Å². The van der Waals surface area contributed by atoms with E-state index in [4.69, 9.17) is 32.7 Å². The third kappa shape index (κ3) is 6.39. The molecule has 0 N–H and O–H groups in total. The molecule has 27 heavy (non-hydrogen) atoms. The van der Waals surface area contributed by atoms with Crippen LogP contribution in [-0.4, -0.2) is 27.3 Å². The molecule has 1 aliphatic rings. The smallest absolute Gasteiger partial charge is 0.195 e. The first-order valence-electron chi connectivity index (χ1n) is 9.44. The van der Waals surface area contributed by atoms with Crippen LogP contribution >= 0.6 is 23.2 Å². The van der Waals surface area contributed by atoms with Crippen molar-refractivity contribution < 1.29 is 9.47 Å². The van der Waals surface area contributed by atoms with E-state index in [0.29, 0.717) is 23.3 Å². The van der Waals surface area contributed by atoms with Crippen LogP contribution in [0.1, 0.15) is 38.2 Å². The number of nitrogens with zero attached hydrogens (tertiary/aromatic N) is 1. The lowest BCUT2D eigenvalue weighted by molar-refractivity contribution is -0.171. The Balaban J connectivity index is 0.000000244. The highest BCUT2D eigenvalue weighted by atomic mass is 35.5. The van der Waals surface area contributed by atoms with E-state index in [2.05, 4.69) is 24.0 Å². The standard InChI is InChI=1S/C14H18Cl2O2.C8H11N/c1-2-3-4-7-14(17-8-9-18-14)11-5-6-12(15)13(16)10-11;1-9(2)8-6-4-3-5-7-8/h5-6,10H,2-4,7-9H2,1H3;3-7H,1-2H3. The van der Waals surface area contributed by atoms with Crippen molar-refractivity contribution >= 4 is 28.9 Å². The highest BCUT2D eigenvalue weighted by Crippen LogP contribution is 2.38. The molecule has 0 atom stereocenters. The van der Waals surface area contributed by atoms with Gasteiger partial charge in [0.15, 0.2) is 5.79 Å². The van der Waals surface area contributed by atoms with Crippen LogP contribution in [0.15, 0.2) is 48.5 Å². The fourth-order valence-corrected chi connectivity index (χ4v) is 3.28. The second-order valence-electron chi connectivity index (χ2n) is 6.77. The van der Waals surface area contributed by atoms with Crippen molar-refractivity contribution in [3.8, 4) is 0 Å². The number of hydrogen-bond acceptors (Lipinski definition) is 3. The third-order valence-electron chi connectivity index (χ3n) is 4.50. The largest absolute Gasteiger partial charge is 0.378 e. The number of anilines is 1. The molecule has 0 bridgehead atoms. The van der Waals surface area contributed by atoms with Gasteiger partial charge in [-0.2, -0.15) is 0 Å². The van der Waals surface area contributed by atoms with Crippen molar-refractivity contribution in [2.45, 2.75) is 38.4 Å². The number of rotatable bonds is 6. The zero-order chi connectivity index (χ0) is 19.7. The van der Waals surface area contributed by atoms with E-state index in [9.17, 15) is 0 Å². The van der Waals surface area contributed by atoms with Crippen LogP contribution in [-0.2, 0) is 15.3 Å². The first-order chi connectivity index (χ1) is 13.0. The van der Waals surface area contributed by atoms with Crippen molar-refractivity contribution in [1.29, 1.82) is 0 Å². The van der Waals surface area contributed by atoms with Crippen LogP contribution in [0.2, 0.25) is 10.0 Å². The summed E-state index contributed by atoms with van der Waals surface area (Å²) in [5.41, 5.74) is 2.21.